The Morgan fingerprint density at radius 1 is 1.11 bits per heavy atom. The molecule has 0 spiro atoms. The van der Waals surface area contributed by atoms with Gasteiger partial charge in [0, 0.05) is 48.6 Å². The van der Waals surface area contributed by atoms with Gasteiger partial charge in [0.25, 0.3) is 0 Å². The summed E-state index contributed by atoms with van der Waals surface area (Å²) in [6, 6.07) is 6.70. The zero-order chi connectivity index (χ0) is 23.9. The van der Waals surface area contributed by atoms with Crippen molar-refractivity contribution in [2.45, 2.75) is 38.3 Å². The number of fused-ring (bicyclic) bond motifs is 2. The Balaban J connectivity index is 1.22. The maximum absolute atomic E-state index is 13.9. The molecule has 6 rings (SSSR count). The Morgan fingerprint density at radius 3 is 2.66 bits per heavy atom. The number of hydrogen-bond acceptors (Lipinski definition) is 8. The number of aryl methyl sites for hydroxylation is 1. The highest BCUT2D eigenvalue weighted by atomic mass is 35.5. The molecule has 1 N–H and O–H groups in total. The van der Waals surface area contributed by atoms with Crippen molar-refractivity contribution in [1.29, 1.82) is 0 Å². The third-order valence-corrected chi connectivity index (χ3v) is 7.36. The first-order valence-corrected chi connectivity index (χ1v) is 12.4. The summed E-state index contributed by atoms with van der Waals surface area (Å²) in [5.41, 5.74) is 0.973. The molecule has 1 aliphatic carbocycles. The van der Waals surface area contributed by atoms with Crippen molar-refractivity contribution >= 4 is 23.4 Å². The summed E-state index contributed by atoms with van der Waals surface area (Å²) in [7, 11) is 0. The molecule has 184 valence electrons. The van der Waals surface area contributed by atoms with Gasteiger partial charge in [-0.3, -0.25) is 0 Å². The molecular weight excluding hydrogens is 473 g/mol. The second kappa shape index (κ2) is 9.23. The average Bonchev–Trinajstić information content (AvgIpc) is 3.52. The van der Waals surface area contributed by atoms with Crippen LogP contribution in [0.1, 0.15) is 31.0 Å². The third kappa shape index (κ3) is 4.64. The number of rotatable bonds is 6. The van der Waals surface area contributed by atoms with E-state index in [-0.39, 0.29) is 22.9 Å². The van der Waals surface area contributed by atoms with Crippen molar-refractivity contribution in [2.24, 2.45) is 11.8 Å². The topological polar surface area (TPSA) is 90.2 Å². The molecule has 9 nitrogen and oxygen atoms in total. The van der Waals surface area contributed by atoms with Crippen LogP contribution in [0.3, 0.4) is 0 Å². The summed E-state index contributed by atoms with van der Waals surface area (Å²) in [4.78, 5) is 15.7. The minimum atomic E-state index is -0.469. The van der Waals surface area contributed by atoms with Gasteiger partial charge in [0.2, 0.25) is 5.95 Å². The zero-order valence-corrected chi connectivity index (χ0v) is 20.2. The molecule has 2 aliphatic heterocycles. The van der Waals surface area contributed by atoms with E-state index >= 15 is 0 Å². The van der Waals surface area contributed by atoms with Gasteiger partial charge in [-0.2, -0.15) is 4.98 Å². The van der Waals surface area contributed by atoms with Crippen molar-refractivity contribution in [1.82, 2.24) is 24.7 Å². The van der Waals surface area contributed by atoms with E-state index in [4.69, 9.17) is 26.2 Å². The van der Waals surface area contributed by atoms with Crippen molar-refractivity contribution in [3.05, 3.63) is 47.1 Å². The summed E-state index contributed by atoms with van der Waals surface area (Å²) in [5.74, 6) is 2.23. The van der Waals surface area contributed by atoms with Crippen LogP contribution in [0.4, 0.5) is 16.2 Å². The molecule has 4 atom stereocenters. The first-order chi connectivity index (χ1) is 17.0. The van der Waals surface area contributed by atoms with E-state index in [2.05, 4.69) is 25.2 Å². The van der Waals surface area contributed by atoms with Gasteiger partial charge in [0.1, 0.15) is 23.7 Å². The summed E-state index contributed by atoms with van der Waals surface area (Å²) in [5, 5.41) is 8.60. The number of nitrogens with one attached hydrogen (secondary N) is 1. The zero-order valence-electron chi connectivity index (χ0n) is 19.4. The number of benzene rings is 1. The van der Waals surface area contributed by atoms with E-state index in [0.29, 0.717) is 37.0 Å². The number of nitrogens with zero attached hydrogens (tertiary/aromatic N) is 6. The molecule has 0 amide bonds. The van der Waals surface area contributed by atoms with Crippen molar-refractivity contribution in [2.75, 3.05) is 36.5 Å². The minimum absolute atomic E-state index is 0.0108. The van der Waals surface area contributed by atoms with Crippen LogP contribution in [0, 0.1) is 24.6 Å². The van der Waals surface area contributed by atoms with Gasteiger partial charge in [0.15, 0.2) is 0 Å². The van der Waals surface area contributed by atoms with Gasteiger partial charge in [-0.1, -0.05) is 11.6 Å². The van der Waals surface area contributed by atoms with E-state index in [1.54, 1.807) is 17.1 Å². The molecule has 2 bridgehead atoms. The van der Waals surface area contributed by atoms with E-state index < -0.39 is 5.82 Å². The minimum Gasteiger partial charge on any atom is -0.424 e. The molecule has 35 heavy (non-hydrogen) atoms. The van der Waals surface area contributed by atoms with Gasteiger partial charge >= 0.3 is 6.01 Å². The second-order valence-corrected chi connectivity index (χ2v) is 10.0. The standard InChI is InChI=1S/C24H27ClFN7O2/c1-14-6-21(28-13-27-14)32-10-15-2-3-16(11-32)22(15)29-23-30-24(33(31-23)19-4-5-34-12-19)35-20-8-17(25)7-18(26)9-20/h6-9,13,15-16,19,22H,2-5,10-12H2,1H3,(H,29,31)/t15-,16+,19?,22+. The molecule has 4 heterocycles. The van der Waals surface area contributed by atoms with Crippen molar-refractivity contribution in [3.63, 3.8) is 0 Å². The second-order valence-electron chi connectivity index (χ2n) is 9.58. The average molecular weight is 500 g/mol. The van der Waals surface area contributed by atoms with Crippen LogP contribution in [0.5, 0.6) is 11.8 Å². The molecule has 2 saturated heterocycles. The molecule has 11 heteroatoms. The van der Waals surface area contributed by atoms with Gasteiger partial charge in [0.05, 0.1) is 12.6 Å². The highest BCUT2D eigenvalue weighted by Gasteiger charge is 2.43. The summed E-state index contributed by atoms with van der Waals surface area (Å²) in [6.45, 7) is 5.03. The van der Waals surface area contributed by atoms with Gasteiger partial charge in [-0.05, 0) is 50.2 Å². The molecule has 2 aromatic heterocycles. The van der Waals surface area contributed by atoms with Gasteiger partial charge < -0.3 is 19.7 Å². The Bertz CT molecular complexity index is 1180. The van der Waals surface area contributed by atoms with E-state index in [0.717, 1.165) is 43.9 Å². The number of halogens is 2. The van der Waals surface area contributed by atoms with Gasteiger partial charge in [-0.15, -0.1) is 5.10 Å². The number of aromatic nitrogens is 5. The van der Waals surface area contributed by atoms with Crippen LogP contribution in [0.25, 0.3) is 0 Å². The Hall–Kier alpha value is -2.98. The smallest absolute Gasteiger partial charge is 0.322 e. The maximum Gasteiger partial charge on any atom is 0.322 e. The SMILES string of the molecule is Cc1cc(N2C[C@H]3CC[C@@H](C2)[C@H]3Nc2nc(Oc3cc(F)cc(Cl)c3)n(C3CCOC3)n2)ncn1. The molecular formula is C24H27ClFN7O2. The highest BCUT2D eigenvalue weighted by Crippen LogP contribution is 2.40. The quantitative estimate of drug-likeness (QED) is 0.538. The Morgan fingerprint density at radius 2 is 1.94 bits per heavy atom. The maximum atomic E-state index is 13.9. The highest BCUT2D eigenvalue weighted by molar-refractivity contribution is 6.30. The fourth-order valence-electron chi connectivity index (χ4n) is 5.49. The van der Waals surface area contributed by atoms with Crippen molar-refractivity contribution in [3.8, 4) is 11.8 Å². The lowest BCUT2D eigenvalue weighted by Crippen LogP contribution is -2.48. The Kier molecular flexibility index (Phi) is 5.93. The monoisotopic (exact) mass is 499 g/mol. The lowest BCUT2D eigenvalue weighted by molar-refractivity contribution is 0.182. The lowest BCUT2D eigenvalue weighted by atomic mass is 9.92. The number of ether oxygens (including phenoxy) is 2. The molecule has 1 aromatic carbocycles. The third-order valence-electron chi connectivity index (χ3n) is 7.14. The molecule has 3 aliphatic rings. The molecule has 3 fully saturated rings. The molecule has 1 unspecified atom stereocenters. The van der Waals surface area contributed by atoms with Crippen LogP contribution >= 0.6 is 11.6 Å². The van der Waals surface area contributed by atoms with Crippen LogP contribution in [0.2, 0.25) is 5.02 Å². The normalized spacial score (nSPS) is 25.7. The summed E-state index contributed by atoms with van der Waals surface area (Å²) >= 11 is 6.01. The fraction of sp³-hybridized carbons (Fsp3) is 0.500. The molecule has 1 saturated carbocycles. The van der Waals surface area contributed by atoms with Crippen LogP contribution in [-0.4, -0.2) is 57.1 Å². The van der Waals surface area contributed by atoms with Crippen molar-refractivity contribution < 1.29 is 13.9 Å². The van der Waals surface area contributed by atoms with E-state index in [1.807, 2.05) is 13.0 Å². The van der Waals surface area contributed by atoms with E-state index in [1.165, 1.54) is 12.1 Å². The Labute approximate surface area is 207 Å². The molecule has 0 radical (unpaired) electrons. The van der Waals surface area contributed by atoms with Crippen LogP contribution in [-0.2, 0) is 4.74 Å². The van der Waals surface area contributed by atoms with Crippen LogP contribution in [0.15, 0.2) is 30.6 Å². The predicted molar refractivity (Wildman–Crippen MR) is 129 cm³/mol. The first kappa shape index (κ1) is 22.5. The lowest BCUT2D eigenvalue weighted by Gasteiger charge is -2.38. The number of hydrogen-bond donors (Lipinski definition) is 1. The van der Waals surface area contributed by atoms with E-state index in [9.17, 15) is 4.39 Å². The number of anilines is 2. The van der Waals surface area contributed by atoms with Crippen LogP contribution < -0.4 is 15.0 Å². The summed E-state index contributed by atoms with van der Waals surface area (Å²) in [6.07, 6.45) is 4.73. The first-order valence-electron chi connectivity index (χ1n) is 12.0. The summed E-state index contributed by atoms with van der Waals surface area (Å²) < 4.78 is 27.1. The molecule has 3 aromatic rings. The van der Waals surface area contributed by atoms with Gasteiger partial charge in [-0.25, -0.2) is 19.0 Å². The largest absolute Gasteiger partial charge is 0.424 e. The fourth-order valence-corrected chi connectivity index (χ4v) is 5.70. The predicted octanol–water partition coefficient (Wildman–Crippen LogP) is 4.25. The number of piperidine rings is 1.